The standard InChI is InChI=1S/C32H39N7O4/c1-18-24-8-7-19-14-26(39(29(19)35-24)10-5-11-43-17-21-12-23(21)31(40)34-18)30-36-25-13-20(15-27(42-3)28(25)37(30)2)32(41)38-9-4-6-22(33)16-38/h7-8,13-15,18,21-23H,4-6,9-12,16-17,33H2,1-3H3,(H,34,40)/t18-,21-,22-,23-/m1/s1. The highest BCUT2D eigenvalue weighted by atomic mass is 16.5. The van der Waals surface area contributed by atoms with E-state index in [4.69, 9.17) is 25.2 Å². The summed E-state index contributed by atoms with van der Waals surface area (Å²) in [6, 6.07) is 9.61. The molecular weight excluding hydrogens is 546 g/mol. The van der Waals surface area contributed by atoms with Gasteiger partial charge in [-0.25, -0.2) is 9.97 Å². The Kier molecular flexibility index (Phi) is 7.09. The number of benzene rings is 1. The maximum absolute atomic E-state index is 13.5. The van der Waals surface area contributed by atoms with Crippen molar-refractivity contribution in [2.75, 3.05) is 33.4 Å². The smallest absolute Gasteiger partial charge is 0.254 e. The number of methoxy groups -OCH3 is 1. The molecule has 4 aromatic rings. The van der Waals surface area contributed by atoms with E-state index in [0.29, 0.717) is 55.6 Å². The number of piperidine rings is 1. The first kappa shape index (κ1) is 27.8. The van der Waals surface area contributed by atoms with E-state index in [1.54, 1.807) is 13.2 Å². The second kappa shape index (κ2) is 10.9. The number of carbonyl (C=O) groups is 2. The summed E-state index contributed by atoms with van der Waals surface area (Å²) in [5.74, 6) is 1.69. The molecule has 3 N–H and O–H groups in total. The van der Waals surface area contributed by atoms with Gasteiger partial charge in [0.2, 0.25) is 5.91 Å². The molecule has 3 aliphatic rings. The molecule has 11 heteroatoms. The van der Waals surface area contributed by atoms with Gasteiger partial charge in [0.25, 0.3) is 5.91 Å². The maximum atomic E-state index is 13.5. The number of nitrogens with one attached hydrogen (secondary N) is 1. The highest BCUT2D eigenvalue weighted by molar-refractivity contribution is 6.00. The number of likely N-dealkylation sites (tertiary alicyclic amines) is 1. The average Bonchev–Trinajstić information content (AvgIpc) is 3.59. The van der Waals surface area contributed by atoms with Gasteiger partial charge in [0.05, 0.1) is 36.7 Å². The van der Waals surface area contributed by atoms with Crippen molar-refractivity contribution in [3.63, 3.8) is 0 Å². The van der Waals surface area contributed by atoms with E-state index in [0.717, 1.165) is 59.4 Å². The van der Waals surface area contributed by atoms with Crippen LogP contribution in [0.2, 0.25) is 0 Å². The lowest BCUT2D eigenvalue weighted by molar-refractivity contribution is -0.123. The molecule has 43 heavy (non-hydrogen) atoms. The molecule has 7 rings (SSSR count). The van der Waals surface area contributed by atoms with Crippen LogP contribution < -0.4 is 15.8 Å². The Hall–Kier alpha value is -3.96. The number of nitrogens with zero attached hydrogens (tertiary/aromatic N) is 5. The van der Waals surface area contributed by atoms with E-state index < -0.39 is 0 Å². The number of fused-ring (bicyclic) bond motifs is 3. The largest absolute Gasteiger partial charge is 0.494 e. The third-order valence-corrected chi connectivity index (χ3v) is 9.20. The third kappa shape index (κ3) is 5.04. The van der Waals surface area contributed by atoms with E-state index >= 15 is 0 Å². The van der Waals surface area contributed by atoms with Crippen molar-refractivity contribution in [1.29, 1.82) is 0 Å². The molecular formula is C32H39N7O4. The zero-order valence-electron chi connectivity index (χ0n) is 25.0. The van der Waals surface area contributed by atoms with E-state index in [-0.39, 0.29) is 29.8 Å². The lowest BCUT2D eigenvalue weighted by Gasteiger charge is -2.30. The number of imidazole rings is 1. The highest BCUT2D eigenvalue weighted by Crippen LogP contribution is 2.40. The van der Waals surface area contributed by atoms with Crippen LogP contribution in [-0.4, -0.2) is 75.3 Å². The quantitative estimate of drug-likeness (QED) is 0.377. The number of hydrogen-bond acceptors (Lipinski definition) is 7. The van der Waals surface area contributed by atoms with Crippen LogP contribution in [0.25, 0.3) is 33.6 Å². The van der Waals surface area contributed by atoms with Crippen molar-refractivity contribution in [3.8, 4) is 17.3 Å². The van der Waals surface area contributed by atoms with Crippen LogP contribution in [0.5, 0.6) is 5.75 Å². The Labute approximate surface area is 250 Å². The van der Waals surface area contributed by atoms with Crippen molar-refractivity contribution in [2.45, 2.75) is 51.2 Å². The number of nitrogens with two attached hydrogens (primary N) is 1. The van der Waals surface area contributed by atoms with Gasteiger partial charge in [-0.05, 0) is 68.9 Å². The number of hydrogen-bond donors (Lipinski definition) is 2. The Balaban J connectivity index is 1.30. The summed E-state index contributed by atoms with van der Waals surface area (Å²) in [4.78, 5) is 38.2. The van der Waals surface area contributed by atoms with Crippen LogP contribution in [0.1, 0.15) is 54.7 Å². The van der Waals surface area contributed by atoms with Gasteiger partial charge in [-0.1, -0.05) is 0 Å². The Morgan fingerprint density at radius 2 is 2.02 bits per heavy atom. The number of carbonyl (C=O) groups excluding carboxylic acids is 2. The summed E-state index contributed by atoms with van der Waals surface area (Å²) in [6.07, 6.45) is 3.51. The van der Waals surface area contributed by atoms with E-state index in [9.17, 15) is 9.59 Å². The molecule has 0 radical (unpaired) electrons. The maximum Gasteiger partial charge on any atom is 0.254 e. The minimum atomic E-state index is -0.209. The van der Waals surface area contributed by atoms with E-state index in [1.165, 1.54) is 0 Å². The predicted molar refractivity (Wildman–Crippen MR) is 163 cm³/mol. The molecule has 1 saturated heterocycles. The summed E-state index contributed by atoms with van der Waals surface area (Å²) >= 11 is 0. The van der Waals surface area contributed by atoms with Crippen LogP contribution in [0.15, 0.2) is 30.3 Å². The molecule has 0 spiro atoms. The molecule has 3 aromatic heterocycles. The molecule has 2 fully saturated rings. The van der Waals surface area contributed by atoms with Gasteiger partial charge in [-0.2, -0.15) is 0 Å². The van der Waals surface area contributed by atoms with Gasteiger partial charge >= 0.3 is 0 Å². The van der Waals surface area contributed by atoms with Crippen LogP contribution in [0.4, 0.5) is 0 Å². The van der Waals surface area contributed by atoms with Gasteiger partial charge < -0.3 is 34.6 Å². The van der Waals surface area contributed by atoms with Crippen molar-refractivity contribution >= 4 is 33.9 Å². The van der Waals surface area contributed by atoms with Gasteiger partial charge in [-0.3, -0.25) is 9.59 Å². The van der Waals surface area contributed by atoms with Gasteiger partial charge in [0.1, 0.15) is 16.9 Å². The summed E-state index contributed by atoms with van der Waals surface area (Å²) in [5, 5.41) is 4.14. The number of rotatable bonds is 3. The molecule has 0 unspecified atom stereocenters. The SMILES string of the molecule is COc1cc(C(=O)N2CCC[C@@H](N)C2)cc2nc(-c3cc4ccc5nc4n3CCCOC[C@H]3C[C@H]3C(=O)N[C@@H]5C)n(C)c12. The normalized spacial score (nSPS) is 24.6. The summed E-state index contributed by atoms with van der Waals surface area (Å²) in [5.41, 5.74) is 10.8. The molecule has 5 heterocycles. The van der Waals surface area contributed by atoms with Crippen molar-refractivity contribution < 1.29 is 19.1 Å². The Bertz CT molecular complexity index is 1730. The lowest BCUT2D eigenvalue weighted by Crippen LogP contribution is -2.45. The lowest BCUT2D eigenvalue weighted by atomic mass is 10.0. The third-order valence-electron chi connectivity index (χ3n) is 9.20. The molecule has 4 atom stereocenters. The zero-order valence-corrected chi connectivity index (χ0v) is 25.0. The van der Waals surface area contributed by atoms with Crippen molar-refractivity contribution in [2.24, 2.45) is 24.6 Å². The van der Waals surface area contributed by atoms with Crippen LogP contribution in [0.3, 0.4) is 0 Å². The van der Waals surface area contributed by atoms with E-state index in [1.807, 2.05) is 35.6 Å². The second-order valence-corrected chi connectivity index (χ2v) is 12.3. The fraction of sp³-hybridized carbons (Fsp3) is 0.500. The fourth-order valence-electron chi connectivity index (χ4n) is 6.70. The molecule has 1 saturated carbocycles. The molecule has 2 bridgehead atoms. The summed E-state index contributed by atoms with van der Waals surface area (Å²) in [6.45, 7) is 5.14. The number of aromatic nitrogens is 4. The number of amides is 2. The minimum Gasteiger partial charge on any atom is -0.494 e. The van der Waals surface area contributed by atoms with Gasteiger partial charge in [0.15, 0.2) is 5.82 Å². The molecule has 2 amide bonds. The minimum absolute atomic E-state index is 0.000983. The molecule has 11 nitrogen and oxygen atoms in total. The Morgan fingerprint density at radius 3 is 2.84 bits per heavy atom. The van der Waals surface area contributed by atoms with Crippen LogP contribution in [-0.2, 0) is 23.1 Å². The van der Waals surface area contributed by atoms with Gasteiger partial charge in [-0.15, -0.1) is 0 Å². The van der Waals surface area contributed by atoms with Crippen molar-refractivity contribution in [1.82, 2.24) is 29.3 Å². The predicted octanol–water partition coefficient (Wildman–Crippen LogP) is 3.40. The number of aryl methyl sites for hydroxylation is 2. The molecule has 1 aromatic carbocycles. The van der Waals surface area contributed by atoms with Gasteiger partial charge in [0, 0.05) is 56.2 Å². The first-order chi connectivity index (χ1) is 20.8. The number of pyridine rings is 1. The second-order valence-electron chi connectivity index (χ2n) is 12.3. The molecule has 2 aliphatic heterocycles. The fourth-order valence-corrected chi connectivity index (χ4v) is 6.70. The number of ether oxygens (including phenoxy) is 2. The Morgan fingerprint density at radius 1 is 1.16 bits per heavy atom. The summed E-state index contributed by atoms with van der Waals surface area (Å²) < 4.78 is 16.0. The van der Waals surface area contributed by atoms with Crippen molar-refractivity contribution in [3.05, 3.63) is 41.6 Å². The van der Waals surface area contributed by atoms with E-state index in [2.05, 4.69) is 22.0 Å². The zero-order chi connectivity index (χ0) is 29.8. The average molecular weight is 586 g/mol. The van der Waals surface area contributed by atoms with Crippen LogP contribution >= 0.6 is 0 Å². The monoisotopic (exact) mass is 585 g/mol. The highest BCUT2D eigenvalue weighted by Gasteiger charge is 2.43. The molecule has 1 aliphatic carbocycles. The first-order valence-electron chi connectivity index (χ1n) is 15.3. The first-order valence-corrected chi connectivity index (χ1v) is 15.3. The topological polar surface area (TPSA) is 130 Å². The van der Waals surface area contributed by atoms with Crippen LogP contribution in [0, 0.1) is 11.8 Å². The summed E-state index contributed by atoms with van der Waals surface area (Å²) in [7, 11) is 3.59. The molecule has 226 valence electrons.